The fraction of sp³-hybridized carbons (Fsp3) is 0.238. The third-order valence-corrected chi connectivity index (χ3v) is 5.29. The summed E-state index contributed by atoms with van der Waals surface area (Å²) in [5.74, 6) is 0.584. The number of H-pyrrole nitrogens is 1. The SMILES string of the molecule is Cn1nc(CN2CCc3nc(-c4cccnc4)[nH]c(=O)c3C2)c2ccccc21. The number of hydrogen-bond acceptors (Lipinski definition) is 5. The summed E-state index contributed by atoms with van der Waals surface area (Å²) in [6.07, 6.45) is 4.17. The Kier molecular flexibility index (Phi) is 4.02. The lowest BCUT2D eigenvalue weighted by Crippen LogP contribution is -2.35. The topological polar surface area (TPSA) is 79.7 Å². The highest BCUT2D eigenvalue weighted by atomic mass is 16.1. The Morgan fingerprint density at radius 3 is 2.93 bits per heavy atom. The van der Waals surface area contributed by atoms with Crippen molar-refractivity contribution < 1.29 is 0 Å². The molecule has 1 aliphatic rings. The predicted octanol–water partition coefficient (Wildman–Crippen LogP) is 2.28. The number of aromatic amines is 1. The van der Waals surface area contributed by atoms with E-state index < -0.39 is 0 Å². The van der Waals surface area contributed by atoms with E-state index in [9.17, 15) is 4.79 Å². The first-order valence-corrected chi connectivity index (χ1v) is 9.34. The Morgan fingerprint density at radius 1 is 1.18 bits per heavy atom. The van der Waals surface area contributed by atoms with Gasteiger partial charge in [-0.2, -0.15) is 5.10 Å². The first-order valence-electron chi connectivity index (χ1n) is 9.34. The van der Waals surface area contributed by atoms with Gasteiger partial charge in [0.25, 0.3) is 5.56 Å². The van der Waals surface area contributed by atoms with Gasteiger partial charge in [0.2, 0.25) is 0 Å². The number of aromatic nitrogens is 5. The van der Waals surface area contributed by atoms with Gasteiger partial charge in [0.15, 0.2) is 0 Å². The summed E-state index contributed by atoms with van der Waals surface area (Å²) in [6, 6.07) is 12.0. The summed E-state index contributed by atoms with van der Waals surface area (Å²) in [6.45, 7) is 2.14. The number of hydrogen-bond donors (Lipinski definition) is 1. The largest absolute Gasteiger partial charge is 0.306 e. The van der Waals surface area contributed by atoms with E-state index in [1.807, 2.05) is 36.0 Å². The predicted molar refractivity (Wildman–Crippen MR) is 107 cm³/mol. The smallest absolute Gasteiger partial charge is 0.255 e. The van der Waals surface area contributed by atoms with Crippen molar-refractivity contribution in [2.24, 2.45) is 7.05 Å². The number of para-hydroxylation sites is 1. The molecule has 28 heavy (non-hydrogen) atoms. The minimum Gasteiger partial charge on any atom is -0.306 e. The molecule has 7 nitrogen and oxygen atoms in total. The highest BCUT2D eigenvalue weighted by molar-refractivity contribution is 5.81. The molecule has 1 N–H and O–H groups in total. The molecule has 0 fully saturated rings. The molecule has 0 radical (unpaired) electrons. The monoisotopic (exact) mass is 372 g/mol. The van der Waals surface area contributed by atoms with E-state index >= 15 is 0 Å². The fourth-order valence-electron chi connectivity index (χ4n) is 3.87. The molecular weight excluding hydrogens is 352 g/mol. The highest BCUT2D eigenvalue weighted by Crippen LogP contribution is 2.22. The molecule has 0 spiro atoms. The normalized spacial score (nSPS) is 14.3. The quantitative estimate of drug-likeness (QED) is 0.597. The van der Waals surface area contributed by atoms with Crippen LogP contribution >= 0.6 is 0 Å². The van der Waals surface area contributed by atoms with Crippen molar-refractivity contribution in [2.75, 3.05) is 6.54 Å². The van der Waals surface area contributed by atoms with Crippen LogP contribution in [0, 0.1) is 0 Å². The first-order chi connectivity index (χ1) is 13.7. The zero-order chi connectivity index (χ0) is 19.1. The summed E-state index contributed by atoms with van der Waals surface area (Å²) in [7, 11) is 1.96. The average Bonchev–Trinajstić information content (AvgIpc) is 3.05. The number of rotatable bonds is 3. The molecule has 0 unspecified atom stereocenters. The summed E-state index contributed by atoms with van der Waals surface area (Å²) >= 11 is 0. The summed E-state index contributed by atoms with van der Waals surface area (Å²) in [5, 5.41) is 5.84. The van der Waals surface area contributed by atoms with Crippen LogP contribution in [0.1, 0.15) is 17.0 Å². The van der Waals surface area contributed by atoms with Gasteiger partial charge in [0, 0.05) is 56.4 Å². The minimum atomic E-state index is -0.0700. The van der Waals surface area contributed by atoms with Crippen LogP contribution in [0.3, 0.4) is 0 Å². The lowest BCUT2D eigenvalue weighted by atomic mass is 10.1. The lowest BCUT2D eigenvalue weighted by molar-refractivity contribution is 0.239. The molecule has 0 atom stereocenters. The van der Waals surface area contributed by atoms with Crippen LogP contribution in [-0.4, -0.2) is 36.2 Å². The van der Waals surface area contributed by atoms with Crippen molar-refractivity contribution in [1.29, 1.82) is 0 Å². The Morgan fingerprint density at radius 2 is 2.07 bits per heavy atom. The van der Waals surface area contributed by atoms with Crippen LogP contribution in [0.4, 0.5) is 0 Å². The van der Waals surface area contributed by atoms with Gasteiger partial charge < -0.3 is 4.98 Å². The molecule has 0 bridgehead atoms. The van der Waals surface area contributed by atoms with Gasteiger partial charge in [-0.05, 0) is 18.2 Å². The molecule has 1 aromatic carbocycles. The number of pyridine rings is 1. The van der Waals surface area contributed by atoms with Gasteiger partial charge >= 0.3 is 0 Å². The fourth-order valence-corrected chi connectivity index (χ4v) is 3.87. The third-order valence-electron chi connectivity index (χ3n) is 5.29. The van der Waals surface area contributed by atoms with Gasteiger partial charge in [-0.3, -0.25) is 19.4 Å². The second kappa shape index (κ2) is 6.69. The lowest BCUT2D eigenvalue weighted by Gasteiger charge is -2.27. The van der Waals surface area contributed by atoms with Crippen LogP contribution < -0.4 is 5.56 Å². The van der Waals surface area contributed by atoms with Gasteiger partial charge in [-0.25, -0.2) is 4.98 Å². The number of aryl methyl sites for hydroxylation is 1. The van der Waals surface area contributed by atoms with Crippen LogP contribution in [-0.2, 0) is 26.6 Å². The second-order valence-corrected chi connectivity index (χ2v) is 7.13. The van der Waals surface area contributed by atoms with E-state index in [4.69, 9.17) is 4.98 Å². The van der Waals surface area contributed by atoms with Gasteiger partial charge in [-0.1, -0.05) is 18.2 Å². The number of fused-ring (bicyclic) bond motifs is 2. The zero-order valence-corrected chi connectivity index (χ0v) is 15.6. The minimum absolute atomic E-state index is 0.0700. The molecule has 0 aliphatic carbocycles. The van der Waals surface area contributed by atoms with E-state index in [-0.39, 0.29) is 5.56 Å². The van der Waals surface area contributed by atoms with Crippen molar-refractivity contribution in [1.82, 2.24) is 29.6 Å². The van der Waals surface area contributed by atoms with E-state index in [1.165, 1.54) is 0 Å². The van der Waals surface area contributed by atoms with Crippen molar-refractivity contribution in [3.63, 3.8) is 0 Å². The number of nitrogens with one attached hydrogen (secondary N) is 1. The van der Waals surface area contributed by atoms with Crippen LogP contribution in [0.5, 0.6) is 0 Å². The van der Waals surface area contributed by atoms with Crippen molar-refractivity contribution in [2.45, 2.75) is 19.5 Å². The number of benzene rings is 1. The molecule has 7 heteroatoms. The summed E-state index contributed by atoms with van der Waals surface area (Å²) in [4.78, 5) is 26.7. The second-order valence-electron chi connectivity index (χ2n) is 7.13. The summed E-state index contributed by atoms with van der Waals surface area (Å²) in [5.41, 5.74) is 4.54. The highest BCUT2D eigenvalue weighted by Gasteiger charge is 2.23. The molecule has 3 aromatic heterocycles. The van der Waals surface area contributed by atoms with E-state index in [0.29, 0.717) is 18.9 Å². The molecule has 0 amide bonds. The Bertz CT molecular complexity index is 1210. The first kappa shape index (κ1) is 16.8. The maximum atomic E-state index is 12.7. The Labute approximate surface area is 161 Å². The Balaban J connectivity index is 1.43. The Hall–Kier alpha value is -3.32. The van der Waals surface area contributed by atoms with Crippen molar-refractivity contribution in [3.8, 4) is 11.4 Å². The molecule has 0 saturated heterocycles. The molecule has 1 aliphatic heterocycles. The zero-order valence-electron chi connectivity index (χ0n) is 15.6. The third kappa shape index (κ3) is 2.90. The molecular formula is C21H20N6O. The van der Waals surface area contributed by atoms with E-state index in [0.717, 1.165) is 46.4 Å². The summed E-state index contributed by atoms with van der Waals surface area (Å²) < 4.78 is 1.91. The molecule has 5 rings (SSSR count). The average molecular weight is 372 g/mol. The molecule has 140 valence electrons. The molecule has 0 saturated carbocycles. The van der Waals surface area contributed by atoms with Crippen LogP contribution in [0.2, 0.25) is 0 Å². The standard InChI is InChI=1S/C21H20N6O/c1-26-19-7-3-2-6-15(19)18(25-26)13-27-10-8-17-16(12-27)21(28)24-20(23-17)14-5-4-9-22-11-14/h2-7,9,11H,8,10,12-13H2,1H3,(H,23,24,28). The molecule has 4 heterocycles. The van der Waals surface area contributed by atoms with Gasteiger partial charge in [0.1, 0.15) is 5.82 Å². The van der Waals surface area contributed by atoms with Crippen LogP contribution in [0.25, 0.3) is 22.3 Å². The van der Waals surface area contributed by atoms with Crippen LogP contribution in [0.15, 0.2) is 53.6 Å². The molecule has 4 aromatic rings. The maximum Gasteiger partial charge on any atom is 0.255 e. The number of nitrogens with zero attached hydrogens (tertiary/aromatic N) is 5. The maximum absolute atomic E-state index is 12.7. The van der Waals surface area contributed by atoms with E-state index in [1.54, 1.807) is 12.4 Å². The van der Waals surface area contributed by atoms with E-state index in [2.05, 4.69) is 32.1 Å². The van der Waals surface area contributed by atoms with Crippen molar-refractivity contribution >= 4 is 10.9 Å². The van der Waals surface area contributed by atoms with Crippen molar-refractivity contribution in [3.05, 3.63) is 76.1 Å². The van der Waals surface area contributed by atoms with Gasteiger partial charge in [0.05, 0.1) is 22.5 Å². The van der Waals surface area contributed by atoms with Gasteiger partial charge in [-0.15, -0.1) is 0 Å².